The van der Waals surface area contributed by atoms with Crippen LogP contribution in [0.2, 0.25) is 0 Å². The number of methoxy groups -OCH3 is 1. The number of carbonyl (C=O) groups is 1. The minimum atomic E-state index is -0.517. The zero-order valence-electron chi connectivity index (χ0n) is 12.7. The normalized spacial score (nSPS) is 17.0. The van der Waals surface area contributed by atoms with E-state index in [-0.39, 0.29) is 5.91 Å². The van der Waals surface area contributed by atoms with Crippen LogP contribution in [-0.4, -0.2) is 24.7 Å². The van der Waals surface area contributed by atoms with Gasteiger partial charge in [-0.05, 0) is 31.5 Å². The van der Waals surface area contributed by atoms with Gasteiger partial charge in [0.15, 0.2) is 0 Å². The van der Waals surface area contributed by atoms with Crippen molar-refractivity contribution in [3.05, 3.63) is 59.2 Å². The van der Waals surface area contributed by atoms with Gasteiger partial charge in [-0.2, -0.15) is 0 Å². The molecular weight excluding hydrogens is 278 g/mol. The van der Waals surface area contributed by atoms with Crippen molar-refractivity contribution in [3.63, 3.8) is 0 Å². The Labute approximate surface area is 130 Å². The smallest absolute Gasteiger partial charge is 0.262 e. The van der Waals surface area contributed by atoms with Crippen LogP contribution in [0.3, 0.4) is 0 Å². The van der Waals surface area contributed by atoms with Crippen LogP contribution in [0, 0.1) is 6.92 Å². The number of nitrogens with zero attached hydrogens (tertiary/aromatic N) is 1. The summed E-state index contributed by atoms with van der Waals surface area (Å²) in [4.78, 5) is 14.6. The average molecular weight is 297 g/mol. The van der Waals surface area contributed by atoms with E-state index in [4.69, 9.17) is 4.74 Å². The molecule has 4 heteroatoms. The first-order chi connectivity index (χ1) is 10.6. The van der Waals surface area contributed by atoms with Crippen molar-refractivity contribution in [2.75, 3.05) is 18.6 Å². The lowest BCUT2D eigenvalue weighted by molar-refractivity contribution is 0.0967. The van der Waals surface area contributed by atoms with E-state index >= 15 is 0 Å². The minimum Gasteiger partial charge on any atom is -0.496 e. The Hall–Kier alpha value is -2.33. The molecule has 0 aliphatic carbocycles. The van der Waals surface area contributed by atoms with Gasteiger partial charge in [-0.25, -0.2) is 0 Å². The maximum atomic E-state index is 12.9. The van der Waals surface area contributed by atoms with Crippen LogP contribution in [0.25, 0.3) is 0 Å². The Morgan fingerprint density at radius 2 is 2.05 bits per heavy atom. The van der Waals surface area contributed by atoms with Crippen LogP contribution in [-0.2, 0) is 0 Å². The number of hydrogen-bond donors (Lipinski definition) is 1. The first-order valence-electron chi connectivity index (χ1n) is 7.35. The van der Waals surface area contributed by atoms with Gasteiger partial charge < -0.3 is 14.7 Å². The lowest BCUT2D eigenvalue weighted by Gasteiger charge is -2.32. The number of fused-ring (bicyclic) bond motifs is 1. The molecule has 0 fully saturated rings. The van der Waals surface area contributed by atoms with Gasteiger partial charge in [-0.1, -0.05) is 29.8 Å². The lowest BCUT2D eigenvalue weighted by Crippen LogP contribution is -2.37. The number of hydrogen-bond acceptors (Lipinski definition) is 3. The molecule has 1 heterocycles. The molecule has 1 atom stereocenters. The highest BCUT2D eigenvalue weighted by Crippen LogP contribution is 2.36. The quantitative estimate of drug-likeness (QED) is 0.926. The molecule has 1 amide bonds. The highest BCUT2D eigenvalue weighted by Gasteiger charge is 2.29. The molecule has 1 unspecified atom stereocenters. The molecule has 0 spiro atoms. The number of benzene rings is 2. The van der Waals surface area contributed by atoms with E-state index in [1.807, 2.05) is 37.3 Å². The van der Waals surface area contributed by atoms with Crippen molar-refractivity contribution < 1.29 is 14.6 Å². The summed E-state index contributed by atoms with van der Waals surface area (Å²) in [6.07, 6.45) is 0.0220. The van der Waals surface area contributed by atoms with Gasteiger partial charge in [0.05, 0.1) is 18.8 Å². The highest BCUT2D eigenvalue weighted by molar-refractivity contribution is 6.08. The molecular formula is C18H19NO3. The van der Waals surface area contributed by atoms with Gasteiger partial charge in [-0.3, -0.25) is 4.79 Å². The summed E-state index contributed by atoms with van der Waals surface area (Å²) in [5.74, 6) is 0.460. The van der Waals surface area contributed by atoms with Gasteiger partial charge in [0, 0.05) is 17.8 Å². The summed E-state index contributed by atoms with van der Waals surface area (Å²) < 4.78 is 5.29. The second kappa shape index (κ2) is 5.81. The maximum absolute atomic E-state index is 12.9. The van der Waals surface area contributed by atoms with E-state index in [0.29, 0.717) is 24.3 Å². The van der Waals surface area contributed by atoms with Crippen molar-refractivity contribution in [3.8, 4) is 5.75 Å². The third-order valence-electron chi connectivity index (χ3n) is 4.04. The monoisotopic (exact) mass is 297 g/mol. The number of para-hydroxylation sites is 1. The van der Waals surface area contributed by atoms with Gasteiger partial charge in [0.25, 0.3) is 5.91 Å². The predicted octanol–water partition coefficient (Wildman–Crippen LogP) is 3.09. The Morgan fingerprint density at radius 1 is 1.27 bits per heavy atom. The molecule has 0 radical (unpaired) electrons. The molecule has 22 heavy (non-hydrogen) atoms. The largest absolute Gasteiger partial charge is 0.496 e. The van der Waals surface area contributed by atoms with Crippen molar-refractivity contribution >= 4 is 11.6 Å². The molecule has 0 saturated heterocycles. The number of rotatable bonds is 2. The van der Waals surface area contributed by atoms with Crippen LogP contribution in [0.5, 0.6) is 5.75 Å². The highest BCUT2D eigenvalue weighted by atomic mass is 16.5. The summed E-state index contributed by atoms with van der Waals surface area (Å²) in [6.45, 7) is 2.47. The standard InChI is InChI=1S/C18H19NO3/c1-12-7-8-15-14(11-12)16(20)9-10-19(15)18(21)13-5-3-4-6-17(13)22-2/h3-8,11,16,20H,9-10H2,1-2H3. The van der Waals surface area contributed by atoms with Crippen molar-refractivity contribution in [2.24, 2.45) is 0 Å². The summed E-state index contributed by atoms with van der Waals surface area (Å²) in [5.41, 5.74) is 3.20. The van der Waals surface area contributed by atoms with Crippen LogP contribution >= 0.6 is 0 Å². The van der Waals surface area contributed by atoms with Crippen molar-refractivity contribution in [1.82, 2.24) is 0 Å². The molecule has 2 aromatic carbocycles. The number of aliphatic hydroxyl groups excluding tert-OH is 1. The summed E-state index contributed by atoms with van der Waals surface area (Å²) in [6, 6.07) is 13.0. The van der Waals surface area contributed by atoms with Crippen LogP contribution in [0.4, 0.5) is 5.69 Å². The molecule has 3 rings (SSSR count). The zero-order chi connectivity index (χ0) is 15.7. The zero-order valence-corrected chi connectivity index (χ0v) is 12.7. The van der Waals surface area contributed by atoms with Gasteiger partial charge in [0.1, 0.15) is 5.75 Å². The van der Waals surface area contributed by atoms with E-state index in [2.05, 4.69) is 0 Å². The van der Waals surface area contributed by atoms with E-state index < -0.39 is 6.10 Å². The molecule has 0 saturated carbocycles. The molecule has 4 nitrogen and oxygen atoms in total. The fourth-order valence-corrected chi connectivity index (χ4v) is 2.89. The fraction of sp³-hybridized carbons (Fsp3) is 0.278. The molecule has 0 aromatic heterocycles. The van der Waals surface area contributed by atoms with Gasteiger partial charge >= 0.3 is 0 Å². The molecule has 114 valence electrons. The third-order valence-corrected chi connectivity index (χ3v) is 4.04. The van der Waals surface area contributed by atoms with Gasteiger partial charge in [-0.15, -0.1) is 0 Å². The number of anilines is 1. The molecule has 2 aromatic rings. The van der Waals surface area contributed by atoms with E-state index in [1.54, 1.807) is 24.1 Å². The van der Waals surface area contributed by atoms with Crippen molar-refractivity contribution in [2.45, 2.75) is 19.4 Å². The number of amides is 1. The summed E-state index contributed by atoms with van der Waals surface area (Å²) >= 11 is 0. The maximum Gasteiger partial charge on any atom is 0.262 e. The number of ether oxygens (including phenoxy) is 1. The fourth-order valence-electron chi connectivity index (χ4n) is 2.89. The number of aliphatic hydroxyl groups is 1. The molecule has 1 N–H and O–H groups in total. The van der Waals surface area contributed by atoms with Crippen LogP contribution in [0.15, 0.2) is 42.5 Å². The first-order valence-corrected chi connectivity index (χ1v) is 7.35. The van der Waals surface area contributed by atoms with E-state index in [9.17, 15) is 9.90 Å². The summed E-state index contributed by atoms with van der Waals surface area (Å²) in [5, 5.41) is 10.2. The van der Waals surface area contributed by atoms with Crippen molar-refractivity contribution in [1.29, 1.82) is 0 Å². The molecule has 1 aliphatic rings. The Kier molecular flexibility index (Phi) is 3.86. The number of carbonyl (C=O) groups excluding carboxylic acids is 1. The van der Waals surface area contributed by atoms with Crippen LogP contribution in [0.1, 0.15) is 34.0 Å². The Morgan fingerprint density at radius 3 is 2.82 bits per heavy atom. The topological polar surface area (TPSA) is 49.8 Å². The second-order valence-electron chi connectivity index (χ2n) is 5.52. The Bertz CT molecular complexity index is 711. The lowest BCUT2D eigenvalue weighted by atomic mass is 9.96. The summed E-state index contributed by atoms with van der Waals surface area (Å²) in [7, 11) is 1.56. The predicted molar refractivity (Wildman–Crippen MR) is 85.4 cm³/mol. The molecule has 0 bridgehead atoms. The SMILES string of the molecule is COc1ccccc1C(=O)N1CCC(O)c2cc(C)ccc21. The van der Waals surface area contributed by atoms with E-state index in [1.165, 1.54) is 0 Å². The van der Waals surface area contributed by atoms with Crippen LogP contribution < -0.4 is 9.64 Å². The molecule has 1 aliphatic heterocycles. The average Bonchev–Trinajstić information content (AvgIpc) is 2.55. The van der Waals surface area contributed by atoms with E-state index in [0.717, 1.165) is 16.8 Å². The van der Waals surface area contributed by atoms with Gasteiger partial charge in [0.2, 0.25) is 0 Å². The second-order valence-corrected chi connectivity index (χ2v) is 5.52. The third kappa shape index (κ3) is 2.46. The number of aryl methyl sites for hydroxylation is 1. The Balaban J connectivity index is 2.03. The first kappa shape index (κ1) is 14.6. The minimum absolute atomic E-state index is 0.102.